The summed E-state index contributed by atoms with van der Waals surface area (Å²) in [5.41, 5.74) is 12.6. The van der Waals surface area contributed by atoms with Gasteiger partial charge in [-0.05, 0) is 43.0 Å². The molecular weight excluding hydrogens is 488 g/mol. The van der Waals surface area contributed by atoms with Crippen molar-refractivity contribution in [1.82, 2.24) is 10.6 Å². The summed E-state index contributed by atoms with van der Waals surface area (Å²) >= 11 is 0. The van der Waals surface area contributed by atoms with Gasteiger partial charge in [-0.2, -0.15) is 0 Å². The number of benzene rings is 2. The zero-order chi connectivity index (χ0) is 27.7. The lowest BCUT2D eigenvalue weighted by molar-refractivity contribution is -0.130. The third kappa shape index (κ3) is 8.19. The molecule has 3 amide bonds. The van der Waals surface area contributed by atoms with Gasteiger partial charge in [-0.3, -0.25) is 19.4 Å². The van der Waals surface area contributed by atoms with Crippen LogP contribution in [0.25, 0.3) is 11.0 Å². The van der Waals surface area contributed by atoms with Gasteiger partial charge in [0.1, 0.15) is 17.7 Å². The number of rotatable bonds is 11. The molecule has 3 aromatic rings. The molecule has 7 N–H and O–H groups in total. The Kier molecular flexibility index (Phi) is 9.58. The van der Waals surface area contributed by atoms with Crippen molar-refractivity contribution >= 4 is 40.3 Å². The van der Waals surface area contributed by atoms with E-state index in [0.717, 1.165) is 16.5 Å². The van der Waals surface area contributed by atoms with Crippen LogP contribution in [0.4, 0.5) is 5.69 Å². The average Bonchev–Trinajstić information content (AvgIpc) is 2.85. The molecule has 11 heteroatoms. The third-order valence-electron chi connectivity index (χ3n) is 5.77. The number of aliphatic imine (C=N–C) groups is 1. The normalized spacial score (nSPS) is 12.3. The van der Waals surface area contributed by atoms with Crippen LogP contribution in [-0.4, -0.2) is 42.3 Å². The number of amides is 3. The van der Waals surface area contributed by atoms with Crippen molar-refractivity contribution in [1.29, 1.82) is 0 Å². The summed E-state index contributed by atoms with van der Waals surface area (Å²) in [6, 6.07) is 13.7. The van der Waals surface area contributed by atoms with Gasteiger partial charge < -0.3 is 31.8 Å². The van der Waals surface area contributed by atoms with Crippen molar-refractivity contribution in [2.45, 2.75) is 45.2 Å². The minimum Gasteiger partial charge on any atom is -0.423 e. The highest BCUT2D eigenvalue weighted by molar-refractivity contribution is 5.99. The highest BCUT2D eigenvalue weighted by Gasteiger charge is 2.26. The molecule has 200 valence electrons. The van der Waals surface area contributed by atoms with Gasteiger partial charge >= 0.3 is 5.63 Å². The van der Waals surface area contributed by atoms with Crippen LogP contribution in [-0.2, 0) is 20.8 Å². The van der Waals surface area contributed by atoms with Gasteiger partial charge in [0.2, 0.25) is 17.7 Å². The first-order valence-electron chi connectivity index (χ1n) is 12.1. The smallest absolute Gasteiger partial charge is 0.336 e. The van der Waals surface area contributed by atoms with Crippen LogP contribution in [0.15, 0.2) is 68.8 Å². The SMILES string of the molecule is CC(=O)N[C@@H](Cc1ccccc1)C(=O)N[C@@H](CCCN=C(N)N)C(=O)Nc1ccc2c(C)cc(=O)oc2c1. The van der Waals surface area contributed by atoms with E-state index in [-0.39, 0.29) is 31.3 Å². The maximum Gasteiger partial charge on any atom is 0.336 e. The van der Waals surface area contributed by atoms with Crippen molar-refractivity contribution in [3.05, 3.63) is 76.1 Å². The second-order valence-electron chi connectivity index (χ2n) is 8.90. The van der Waals surface area contributed by atoms with E-state index in [4.69, 9.17) is 15.9 Å². The molecule has 1 heterocycles. The van der Waals surface area contributed by atoms with E-state index in [1.807, 2.05) is 30.3 Å². The number of nitrogens with one attached hydrogen (secondary N) is 3. The average molecular weight is 521 g/mol. The Morgan fingerprint density at radius 2 is 1.71 bits per heavy atom. The fourth-order valence-corrected chi connectivity index (χ4v) is 3.98. The van der Waals surface area contributed by atoms with Crippen LogP contribution in [0, 0.1) is 6.92 Å². The zero-order valence-corrected chi connectivity index (χ0v) is 21.3. The van der Waals surface area contributed by atoms with Crippen LogP contribution >= 0.6 is 0 Å². The highest BCUT2D eigenvalue weighted by atomic mass is 16.4. The standard InChI is InChI=1S/C27H32N6O5/c1-16-13-24(35)38-23-15-19(10-11-20(16)23)32-25(36)21(9-6-12-30-27(28)29)33-26(37)22(31-17(2)34)14-18-7-4-3-5-8-18/h3-5,7-8,10-11,13,15,21-22H,6,9,12,14H2,1-2H3,(H,31,34)(H,32,36)(H,33,37)(H4,28,29,30)/t21-,22-/m0/s1. The van der Waals surface area contributed by atoms with E-state index < -0.39 is 29.5 Å². The Bertz CT molecular complexity index is 1380. The quantitative estimate of drug-likeness (QED) is 0.109. The molecular formula is C27H32N6O5. The van der Waals surface area contributed by atoms with Gasteiger partial charge in [-0.15, -0.1) is 0 Å². The number of aryl methyl sites for hydroxylation is 1. The molecule has 0 saturated heterocycles. The number of anilines is 1. The number of hydrogen-bond donors (Lipinski definition) is 5. The lowest BCUT2D eigenvalue weighted by atomic mass is 10.0. The summed E-state index contributed by atoms with van der Waals surface area (Å²) in [5.74, 6) is -1.44. The Balaban J connectivity index is 1.79. The van der Waals surface area contributed by atoms with E-state index in [0.29, 0.717) is 17.7 Å². The van der Waals surface area contributed by atoms with E-state index in [9.17, 15) is 19.2 Å². The molecule has 3 rings (SSSR count). The number of guanidine groups is 1. The van der Waals surface area contributed by atoms with Crippen molar-refractivity contribution in [2.24, 2.45) is 16.5 Å². The predicted molar refractivity (Wildman–Crippen MR) is 145 cm³/mol. The molecule has 0 fully saturated rings. The minimum atomic E-state index is -0.955. The Labute approximate surface area is 219 Å². The topological polar surface area (TPSA) is 182 Å². The number of fused-ring (bicyclic) bond motifs is 1. The predicted octanol–water partition coefficient (Wildman–Crippen LogP) is 1.33. The summed E-state index contributed by atoms with van der Waals surface area (Å²) in [7, 11) is 0. The largest absolute Gasteiger partial charge is 0.423 e. The van der Waals surface area contributed by atoms with Crippen molar-refractivity contribution in [2.75, 3.05) is 11.9 Å². The Morgan fingerprint density at radius 3 is 2.39 bits per heavy atom. The van der Waals surface area contributed by atoms with Gasteiger partial charge in [0.15, 0.2) is 5.96 Å². The van der Waals surface area contributed by atoms with Crippen LogP contribution < -0.4 is 33.0 Å². The molecule has 0 saturated carbocycles. The summed E-state index contributed by atoms with van der Waals surface area (Å²) in [4.78, 5) is 54.0. The van der Waals surface area contributed by atoms with Crippen molar-refractivity contribution in [3.8, 4) is 0 Å². The number of carbonyl (C=O) groups is 3. The summed E-state index contributed by atoms with van der Waals surface area (Å²) in [6.07, 6.45) is 0.886. The van der Waals surface area contributed by atoms with E-state index in [2.05, 4.69) is 20.9 Å². The van der Waals surface area contributed by atoms with Crippen molar-refractivity contribution < 1.29 is 18.8 Å². The van der Waals surface area contributed by atoms with Crippen LogP contribution in [0.2, 0.25) is 0 Å². The molecule has 0 aliphatic carbocycles. The molecule has 2 atom stereocenters. The maximum atomic E-state index is 13.3. The van der Waals surface area contributed by atoms with Gasteiger partial charge in [0.05, 0.1) is 0 Å². The van der Waals surface area contributed by atoms with Gasteiger partial charge in [-0.1, -0.05) is 30.3 Å². The first-order valence-corrected chi connectivity index (χ1v) is 12.1. The summed E-state index contributed by atoms with van der Waals surface area (Å²) in [5, 5.41) is 8.92. The fourth-order valence-electron chi connectivity index (χ4n) is 3.98. The fraction of sp³-hybridized carbons (Fsp3) is 0.296. The molecule has 2 aromatic carbocycles. The molecule has 0 aliphatic rings. The first kappa shape index (κ1) is 27.9. The van der Waals surface area contributed by atoms with Crippen molar-refractivity contribution in [3.63, 3.8) is 0 Å². The minimum absolute atomic E-state index is 0.0726. The van der Waals surface area contributed by atoms with Gasteiger partial charge in [0, 0.05) is 43.1 Å². The molecule has 0 aliphatic heterocycles. The van der Waals surface area contributed by atoms with E-state index >= 15 is 0 Å². The number of carbonyl (C=O) groups excluding carboxylic acids is 3. The van der Waals surface area contributed by atoms with E-state index in [1.54, 1.807) is 25.1 Å². The monoisotopic (exact) mass is 520 g/mol. The van der Waals surface area contributed by atoms with Gasteiger partial charge in [0.25, 0.3) is 0 Å². The first-order chi connectivity index (χ1) is 18.1. The lowest BCUT2D eigenvalue weighted by Crippen LogP contribution is -2.53. The Hall–Kier alpha value is -4.67. The second kappa shape index (κ2) is 13.0. The molecule has 11 nitrogen and oxygen atoms in total. The van der Waals surface area contributed by atoms with Crippen LogP contribution in [0.3, 0.4) is 0 Å². The number of nitrogens with zero attached hydrogens (tertiary/aromatic N) is 1. The summed E-state index contributed by atoms with van der Waals surface area (Å²) in [6.45, 7) is 3.38. The van der Waals surface area contributed by atoms with E-state index in [1.165, 1.54) is 13.0 Å². The second-order valence-corrected chi connectivity index (χ2v) is 8.90. The summed E-state index contributed by atoms with van der Waals surface area (Å²) < 4.78 is 5.26. The van der Waals surface area contributed by atoms with Crippen LogP contribution in [0.1, 0.15) is 30.9 Å². The third-order valence-corrected chi connectivity index (χ3v) is 5.77. The molecule has 0 radical (unpaired) electrons. The zero-order valence-electron chi connectivity index (χ0n) is 21.3. The molecule has 38 heavy (non-hydrogen) atoms. The Morgan fingerprint density at radius 1 is 0.974 bits per heavy atom. The molecule has 0 bridgehead atoms. The molecule has 0 unspecified atom stereocenters. The van der Waals surface area contributed by atoms with Crippen LogP contribution in [0.5, 0.6) is 0 Å². The number of hydrogen-bond acceptors (Lipinski definition) is 6. The maximum absolute atomic E-state index is 13.3. The highest BCUT2D eigenvalue weighted by Crippen LogP contribution is 2.21. The lowest BCUT2D eigenvalue weighted by Gasteiger charge is -2.23. The molecule has 0 spiro atoms. The number of nitrogens with two attached hydrogens (primary N) is 2. The molecule has 1 aromatic heterocycles. The van der Waals surface area contributed by atoms with Gasteiger partial charge in [-0.25, -0.2) is 4.79 Å².